The zero-order chi connectivity index (χ0) is 21.8. The van der Waals surface area contributed by atoms with Crippen molar-refractivity contribution in [3.8, 4) is 11.8 Å². The summed E-state index contributed by atoms with van der Waals surface area (Å²) in [7, 11) is 1.65. The Morgan fingerprint density at radius 1 is 1.27 bits per heavy atom. The largest absolute Gasteiger partial charge is 0.435 e. The Hall–Kier alpha value is -3.73. The molecule has 0 aliphatic rings. The molecule has 0 aliphatic carbocycles. The highest BCUT2D eigenvalue weighted by atomic mass is 19.3. The number of aryl methyl sites for hydroxylation is 2. The molecule has 0 atom stereocenters. The molecule has 0 fully saturated rings. The fourth-order valence-corrected chi connectivity index (χ4v) is 3.31. The summed E-state index contributed by atoms with van der Waals surface area (Å²) >= 11 is 0. The molecule has 0 aliphatic heterocycles. The molecule has 0 saturated heterocycles. The summed E-state index contributed by atoms with van der Waals surface area (Å²) in [5, 5.41) is 12.9. The van der Waals surface area contributed by atoms with Crippen molar-refractivity contribution in [2.45, 2.75) is 20.5 Å². The van der Waals surface area contributed by atoms with Gasteiger partial charge in [0, 0.05) is 24.3 Å². The Labute approximate surface area is 172 Å². The summed E-state index contributed by atoms with van der Waals surface area (Å²) in [5.41, 5.74) is 3.74. The van der Waals surface area contributed by atoms with Crippen LogP contribution in [0.1, 0.15) is 16.7 Å². The van der Waals surface area contributed by atoms with E-state index in [0.717, 1.165) is 16.8 Å². The maximum absolute atomic E-state index is 12.7. The van der Waals surface area contributed by atoms with Crippen LogP contribution in [0, 0.1) is 25.2 Å². The predicted octanol–water partition coefficient (Wildman–Crippen LogP) is 4.40. The average molecular weight is 410 g/mol. The van der Waals surface area contributed by atoms with Crippen molar-refractivity contribution >= 4 is 28.2 Å². The number of hydrogen-bond donors (Lipinski definition) is 1. The van der Waals surface area contributed by atoms with E-state index in [1.807, 2.05) is 38.1 Å². The van der Waals surface area contributed by atoms with Gasteiger partial charge in [0.15, 0.2) is 0 Å². The van der Waals surface area contributed by atoms with Crippen molar-refractivity contribution in [2.75, 3.05) is 23.8 Å². The molecule has 0 spiro atoms. The first-order chi connectivity index (χ1) is 14.3. The highest BCUT2D eigenvalue weighted by Gasteiger charge is 2.18. The molecule has 1 heterocycles. The monoisotopic (exact) mass is 410 g/mol. The number of nitrogens with one attached hydrogen (secondary N) is 1. The van der Waals surface area contributed by atoms with E-state index >= 15 is 0 Å². The van der Waals surface area contributed by atoms with E-state index in [4.69, 9.17) is 0 Å². The summed E-state index contributed by atoms with van der Waals surface area (Å²) < 4.78 is 29.7. The number of amides is 1. The van der Waals surface area contributed by atoms with Crippen LogP contribution in [0.2, 0.25) is 0 Å². The fraction of sp³-hybridized carbons (Fsp3) is 0.227. The van der Waals surface area contributed by atoms with Crippen LogP contribution in [-0.2, 0) is 4.79 Å². The van der Waals surface area contributed by atoms with E-state index in [9.17, 15) is 18.8 Å². The van der Waals surface area contributed by atoms with Gasteiger partial charge < -0.3 is 15.0 Å². The van der Waals surface area contributed by atoms with Crippen LogP contribution in [0.4, 0.5) is 20.2 Å². The van der Waals surface area contributed by atoms with Gasteiger partial charge in [-0.3, -0.25) is 9.78 Å². The van der Waals surface area contributed by atoms with Gasteiger partial charge >= 0.3 is 6.61 Å². The Morgan fingerprint density at radius 3 is 2.60 bits per heavy atom. The number of aromatic nitrogens is 1. The second-order valence-electron chi connectivity index (χ2n) is 6.86. The topological polar surface area (TPSA) is 78.3 Å². The van der Waals surface area contributed by atoms with Gasteiger partial charge in [-0.1, -0.05) is 18.2 Å². The second kappa shape index (κ2) is 8.74. The highest BCUT2D eigenvalue weighted by molar-refractivity contribution is 5.99. The number of alkyl halides is 2. The molecule has 1 aromatic heterocycles. The molecular formula is C22H20F2N4O2. The van der Waals surface area contributed by atoms with Crippen LogP contribution in [0.25, 0.3) is 10.9 Å². The van der Waals surface area contributed by atoms with Crippen molar-refractivity contribution in [1.82, 2.24) is 4.98 Å². The molecule has 3 rings (SSSR count). The van der Waals surface area contributed by atoms with Gasteiger partial charge in [0.1, 0.15) is 11.8 Å². The second-order valence-corrected chi connectivity index (χ2v) is 6.86. The summed E-state index contributed by atoms with van der Waals surface area (Å²) in [4.78, 5) is 18.5. The van der Waals surface area contributed by atoms with Gasteiger partial charge in [-0.05, 0) is 43.2 Å². The number of anilines is 2. The maximum atomic E-state index is 12.7. The molecule has 8 heteroatoms. The zero-order valence-electron chi connectivity index (χ0n) is 16.7. The molecule has 6 nitrogen and oxygen atoms in total. The minimum absolute atomic E-state index is 0.0518. The Bertz CT molecular complexity index is 1120. The lowest BCUT2D eigenvalue weighted by Crippen LogP contribution is -2.31. The molecule has 0 radical (unpaired) electrons. The number of likely N-dealkylation sites (N-methyl/N-ethyl adjacent to an activating group) is 1. The predicted molar refractivity (Wildman–Crippen MR) is 111 cm³/mol. The number of halogens is 2. The number of benzene rings is 2. The van der Waals surface area contributed by atoms with E-state index in [0.29, 0.717) is 16.6 Å². The molecule has 0 bridgehead atoms. The first-order valence-corrected chi connectivity index (χ1v) is 9.15. The van der Waals surface area contributed by atoms with Gasteiger partial charge in [0.05, 0.1) is 23.3 Å². The minimum atomic E-state index is -2.97. The standard InChI is InChI=1S/C22H20F2N4O2/c1-13-5-4-6-14(2)20(13)27-19(29)12-28(3)21-15(10-25)11-26-18-8-7-16(9-17(18)21)30-22(23)24/h4-9,11,22H,12H2,1-3H3,(H,27,29). The number of para-hydroxylation sites is 1. The SMILES string of the molecule is Cc1cccc(C)c1NC(=O)CN(C)c1c(C#N)cnc2ccc(OC(F)F)cc12. The number of rotatable bonds is 6. The number of carbonyl (C=O) groups is 1. The number of hydrogen-bond acceptors (Lipinski definition) is 5. The van der Waals surface area contributed by atoms with Crippen molar-refractivity contribution in [3.05, 3.63) is 59.3 Å². The highest BCUT2D eigenvalue weighted by Crippen LogP contribution is 2.32. The maximum Gasteiger partial charge on any atom is 0.387 e. The third-order valence-electron chi connectivity index (χ3n) is 4.66. The third kappa shape index (κ3) is 4.46. The van der Waals surface area contributed by atoms with E-state index < -0.39 is 6.61 Å². The summed E-state index contributed by atoms with van der Waals surface area (Å²) in [6.45, 7) is 0.780. The summed E-state index contributed by atoms with van der Waals surface area (Å²) in [6.07, 6.45) is 1.39. The van der Waals surface area contributed by atoms with Gasteiger partial charge in [-0.2, -0.15) is 14.0 Å². The molecule has 0 saturated carbocycles. The summed E-state index contributed by atoms with van der Waals surface area (Å²) in [5.74, 6) is -0.326. The third-order valence-corrected chi connectivity index (χ3v) is 4.66. The van der Waals surface area contributed by atoms with Gasteiger partial charge in [-0.25, -0.2) is 0 Å². The van der Waals surface area contributed by atoms with E-state index in [1.54, 1.807) is 11.9 Å². The van der Waals surface area contributed by atoms with Crippen LogP contribution < -0.4 is 15.0 Å². The molecule has 3 aromatic rings. The van der Waals surface area contributed by atoms with Gasteiger partial charge in [-0.15, -0.1) is 0 Å². The number of pyridine rings is 1. The fourth-order valence-electron chi connectivity index (χ4n) is 3.31. The normalized spacial score (nSPS) is 10.7. The van der Waals surface area contributed by atoms with Crippen LogP contribution in [0.5, 0.6) is 5.75 Å². The number of fused-ring (bicyclic) bond motifs is 1. The number of nitrogens with zero attached hydrogens (tertiary/aromatic N) is 3. The van der Waals surface area contributed by atoms with Gasteiger partial charge in [0.25, 0.3) is 0 Å². The van der Waals surface area contributed by atoms with Crippen molar-refractivity contribution < 1.29 is 18.3 Å². The zero-order valence-corrected chi connectivity index (χ0v) is 16.7. The summed E-state index contributed by atoms with van der Waals surface area (Å²) in [6, 6.07) is 12.1. The van der Waals surface area contributed by atoms with Gasteiger partial charge in [0.2, 0.25) is 5.91 Å². The van der Waals surface area contributed by atoms with Crippen LogP contribution in [0.15, 0.2) is 42.6 Å². The van der Waals surface area contributed by atoms with E-state index in [-0.39, 0.29) is 23.8 Å². The van der Waals surface area contributed by atoms with Crippen LogP contribution in [-0.4, -0.2) is 31.1 Å². The number of nitriles is 1. The molecule has 1 amide bonds. The van der Waals surface area contributed by atoms with E-state index in [1.165, 1.54) is 24.4 Å². The first-order valence-electron chi connectivity index (χ1n) is 9.15. The minimum Gasteiger partial charge on any atom is -0.435 e. The Morgan fingerprint density at radius 2 is 1.97 bits per heavy atom. The van der Waals surface area contributed by atoms with E-state index in [2.05, 4.69) is 15.0 Å². The van der Waals surface area contributed by atoms with Crippen molar-refractivity contribution in [2.24, 2.45) is 0 Å². The molecular weight excluding hydrogens is 390 g/mol. The van der Waals surface area contributed by atoms with Crippen molar-refractivity contribution in [3.63, 3.8) is 0 Å². The van der Waals surface area contributed by atoms with Crippen LogP contribution >= 0.6 is 0 Å². The lowest BCUT2D eigenvalue weighted by molar-refractivity contribution is -0.114. The Balaban J connectivity index is 1.93. The Kier molecular flexibility index (Phi) is 6.11. The quantitative estimate of drug-likeness (QED) is 0.652. The molecule has 154 valence electrons. The molecule has 1 N–H and O–H groups in total. The average Bonchev–Trinajstić information content (AvgIpc) is 2.69. The molecule has 30 heavy (non-hydrogen) atoms. The molecule has 2 aromatic carbocycles. The number of carbonyl (C=O) groups excluding carboxylic acids is 1. The first kappa shape index (κ1) is 21.0. The number of ether oxygens (including phenoxy) is 1. The smallest absolute Gasteiger partial charge is 0.387 e. The van der Waals surface area contributed by atoms with Crippen LogP contribution in [0.3, 0.4) is 0 Å². The lowest BCUT2D eigenvalue weighted by atomic mass is 10.1. The van der Waals surface area contributed by atoms with Crippen molar-refractivity contribution in [1.29, 1.82) is 5.26 Å². The lowest BCUT2D eigenvalue weighted by Gasteiger charge is -2.22. The molecule has 0 unspecified atom stereocenters.